The van der Waals surface area contributed by atoms with Crippen molar-refractivity contribution in [2.24, 2.45) is 0 Å². The molecule has 0 fully saturated rings. The Bertz CT molecular complexity index is 1310. The highest BCUT2D eigenvalue weighted by Gasteiger charge is 2.11. The number of halogens is 1. The number of thioether (sulfide) groups is 1. The fourth-order valence-corrected chi connectivity index (χ4v) is 4.51. The van der Waals surface area contributed by atoms with Crippen molar-refractivity contribution >= 4 is 45.7 Å². The van der Waals surface area contributed by atoms with Crippen LogP contribution in [0.5, 0.6) is 5.75 Å². The van der Waals surface area contributed by atoms with Gasteiger partial charge in [0.25, 0.3) is 5.91 Å². The molecule has 0 aliphatic heterocycles. The highest BCUT2D eigenvalue weighted by Crippen LogP contribution is 2.26. The summed E-state index contributed by atoms with van der Waals surface area (Å²) in [4.78, 5) is 30.1. The zero-order chi connectivity index (χ0) is 23.9. The second-order valence-electron chi connectivity index (χ2n) is 7.10. The molecule has 2 amide bonds. The van der Waals surface area contributed by atoms with Crippen LogP contribution in [0, 0.1) is 5.82 Å². The van der Waals surface area contributed by atoms with Crippen molar-refractivity contribution in [1.82, 2.24) is 4.98 Å². The van der Waals surface area contributed by atoms with Crippen molar-refractivity contribution in [1.29, 1.82) is 0 Å². The number of ether oxygens (including phenoxy) is 1. The van der Waals surface area contributed by atoms with Gasteiger partial charge in [0.15, 0.2) is 5.13 Å². The summed E-state index contributed by atoms with van der Waals surface area (Å²) in [5.41, 5.74) is 2.56. The molecule has 0 aliphatic carbocycles. The number of thiazole rings is 1. The van der Waals surface area contributed by atoms with E-state index in [-0.39, 0.29) is 23.4 Å². The predicted octanol–water partition coefficient (Wildman–Crippen LogP) is 5.94. The van der Waals surface area contributed by atoms with Crippen LogP contribution in [0.4, 0.5) is 15.2 Å². The number of hydrogen-bond acceptors (Lipinski definition) is 6. The third-order valence-corrected chi connectivity index (χ3v) is 6.44. The number of nitrogens with zero attached hydrogens (tertiary/aromatic N) is 1. The standard InChI is InChI=1S/C25H20FN3O3S2/c1-32-20-6-2-4-17(12-20)24(31)27-19-5-3-7-21(13-19)33-15-23(30)29-25-28-22(14-34-25)16-8-10-18(26)11-9-16/h2-14H,15H2,1H3,(H,27,31)(H,28,29,30). The number of amides is 2. The number of aromatic nitrogens is 1. The summed E-state index contributed by atoms with van der Waals surface area (Å²) in [7, 11) is 1.55. The van der Waals surface area contributed by atoms with Crippen LogP contribution in [0.3, 0.4) is 0 Å². The van der Waals surface area contributed by atoms with E-state index in [4.69, 9.17) is 4.74 Å². The Morgan fingerprint density at radius 2 is 1.82 bits per heavy atom. The number of methoxy groups -OCH3 is 1. The molecular formula is C25H20FN3O3S2. The van der Waals surface area contributed by atoms with Gasteiger partial charge in [-0.1, -0.05) is 12.1 Å². The first-order valence-corrected chi connectivity index (χ1v) is 12.1. The second-order valence-corrected chi connectivity index (χ2v) is 9.00. The number of rotatable bonds is 8. The van der Waals surface area contributed by atoms with Gasteiger partial charge < -0.3 is 15.4 Å². The Hall–Kier alpha value is -3.69. The lowest BCUT2D eigenvalue weighted by Crippen LogP contribution is -2.14. The lowest BCUT2D eigenvalue weighted by molar-refractivity contribution is -0.113. The van der Waals surface area contributed by atoms with E-state index >= 15 is 0 Å². The van der Waals surface area contributed by atoms with E-state index in [9.17, 15) is 14.0 Å². The molecule has 0 atom stereocenters. The smallest absolute Gasteiger partial charge is 0.255 e. The molecule has 3 aromatic carbocycles. The van der Waals surface area contributed by atoms with E-state index in [1.165, 1.54) is 35.2 Å². The molecule has 0 unspecified atom stereocenters. The van der Waals surface area contributed by atoms with Gasteiger partial charge in [0.2, 0.25) is 5.91 Å². The molecule has 4 aromatic rings. The van der Waals surface area contributed by atoms with Gasteiger partial charge in [-0.05, 0) is 60.7 Å². The van der Waals surface area contributed by atoms with E-state index < -0.39 is 0 Å². The first-order chi connectivity index (χ1) is 16.5. The zero-order valence-electron chi connectivity index (χ0n) is 18.1. The molecule has 0 aliphatic rings. The lowest BCUT2D eigenvalue weighted by atomic mass is 10.2. The molecule has 0 radical (unpaired) electrons. The number of nitrogens with one attached hydrogen (secondary N) is 2. The van der Waals surface area contributed by atoms with Crippen molar-refractivity contribution in [2.75, 3.05) is 23.5 Å². The molecule has 34 heavy (non-hydrogen) atoms. The molecule has 0 spiro atoms. The minimum absolute atomic E-state index is 0.179. The average molecular weight is 494 g/mol. The summed E-state index contributed by atoms with van der Waals surface area (Å²) in [5, 5.41) is 7.93. The first-order valence-electron chi connectivity index (χ1n) is 10.2. The maximum absolute atomic E-state index is 13.1. The second kappa shape index (κ2) is 11.0. The van der Waals surface area contributed by atoms with Gasteiger partial charge >= 0.3 is 0 Å². The van der Waals surface area contributed by atoms with Crippen LogP contribution in [0.15, 0.2) is 83.1 Å². The number of carbonyl (C=O) groups excluding carboxylic acids is 2. The molecule has 0 saturated heterocycles. The van der Waals surface area contributed by atoms with Crippen LogP contribution in [0.25, 0.3) is 11.3 Å². The van der Waals surface area contributed by atoms with Gasteiger partial charge in [0.1, 0.15) is 11.6 Å². The molecule has 2 N–H and O–H groups in total. The summed E-state index contributed by atoms with van der Waals surface area (Å²) in [6, 6.07) is 20.2. The Labute approximate surface area is 204 Å². The van der Waals surface area contributed by atoms with Gasteiger partial charge in [0, 0.05) is 27.1 Å². The zero-order valence-corrected chi connectivity index (χ0v) is 19.7. The van der Waals surface area contributed by atoms with Crippen LogP contribution in [0.1, 0.15) is 10.4 Å². The highest BCUT2D eigenvalue weighted by atomic mass is 32.2. The fourth-order valence-electron chi connectivity index (χ4n) is 3.02. The molecule has 6 nitrogen and oxygen atoms in total. The Balaban J connectivity index is 1.31. The van der Waals surface area contributed by atoms with Crippen LogP contribution >= 0.6 is 23.1 Å². The van der Waals surface area contributed by atoms with Gasteiger partial charge in [-0.2, -0.15) is 0 Å². The summed E-state index contributed by atoms with van der Waals surface area (Å²) >= 11 is 2.65. The first kappa shape index (κ1) is 23.5. The van der Waals surface area contributed by atoms with E-state index in [2.05, 4.69) is 15.6 Å². The number of anilines is 2. The maximum Gasteiger partial charge on any atom is 0.255 e. The monoisotopic (exact) mass is 493 g/mol. The highest BCUT2D eigenvalue weighted by molar-refractivity contribution is 8.00. The van der Waals surface area contributed by atoms with Crippen LogP contribution < -0.4 is 15.4 Å². The lowest BCUT2D eigenvalue weighted by Gasteiger charge is -2.08. The predicted molar refractivity (Wildman–Crippen MR) is 134 cm³/mol. The van der Waals surface area contributed by atoms with Crippen molar-refractivity contribution in [3.8, 4) is 17.0 Å². The molecular weight excluding hydrogens is 473 g/mol. The van der Waals surface area contributed by atoms with E-state index in [0.29, 0.717) is 27.8 Å². The SMILES string of the molecule is COc1cccc(C(=O)Nc2cccc(SCC(=O)Nc3nc(-c4ccc(F)cc4)cs3)c2)c1. The minimum Gasteiger partial charge on any atom is -0.497 e. The fraction of sp³-hybridized carbons (Fsp3) is 0.0800. The van der Waals surface area contributed by atoms with Crippen molar-refractivity contribution in [3.63, 3.8) is 0 Å². The Morgan fingerprint density at radius 1 is 1.03 bits per heavy atom. The van der Waals surface area contributed by atoms with E-state index in [1.807, 2.05) is 23.6 Å². The quantitative estimate of drug-likeness (QED) is 0.297. The summed E-state index contributed by atoms with van der Waals surface area (Å²) in [6.07, 6.45) is 0. The Kier molecular flexibility index (Phi) is 7.56. The molecule has 0 bridgehead atoms. The van der Waals surface area contributed by atoms with E-state index in [0.717, 1.165) is 10.5 Å². The number of hydrogen-bond donors (Lipinski definition) is 2. The molecule has 0 saturated carbocycles. The van der Waals surface area contributed by atoms with Gasteiger partial charge in [-0.15, -0.1) is 23.1 Å². The summed E-state index contributed by atoms with van der Waals surface area (Å²) in [5.74, 6) is 0.0236. The molecule has 9 heteroatoms. The largest absolute Gasteiger partial charge is 0.497 e. The van der Waals surface area contributed by atoms with Gasteiger partial charge in [0.05, 0.1) is 18.6 Å². The van der Waals surface area contributed by atoms with Crippen LogP contribution in [0.2, 0.25) is 0 Å². The van der Waals surface area contributed by atoms with E-state index in [1.54, 1.807) is 49.6 Å². The van der Waals surface area contributed by atoms with Crippen LogP contribution in [-0.2, 0) is 4.79 Å². The number of carbonyl (C=O) groups is 2. The minimum atomic E-state index is -0.312. The summed E-state index contributed by atoms with van der Waals surface area (Å²) in [6.45, 7) is 0. The van der Waals surface area contributed by atoms with Gasteiger partial charge in [-0.3, -0.25) is 9.59 Å². The number of benzene rings is 3. The van der Waals surface area contributed by atoms with Crippen molar-refractivity contribution < 1.29 is 18.7 Å². The molecule has 172 valence electrons. The maximum atomic E-state index is 13.1. The summed E-state index contributed by atoms with van der Waals surface area (Å²) < 4.78 is 18.3. The third kappa shape index (κ3) is 6.21. The Morgan fingerprint density at radius 3 is 2.62 bits per heavy atom. The van der Waals surface area contributed by atoms with Crippen LogP contribution in [-0.4, -0.2) is 29.7 Å². The van der Waals surface area contributed by atoms with Crippen molar-refractivity contribution in [3.05, 3.63) is 89.6 Å². The molecule has 1 heterocycles. The topological polar surface area (TPSA) is 80.3 Å². The third-order valence-electron chi connectivity index (χ3n) is 4.68. The molecule has 1 aromatic heterocycles. The van der Waals surface area contributed by atoms with Crippen molar-refractivity contribution in [2.45, 2.75) is 4.90 Å². The molecule has 4 rings (SSSR count). The average Bonchev–Trinajstić information content (AvgIpc) is 3.32. The normalized spacial score (nSPS) is 10.5. The van der Waals surface area contributed by atoms with Gasteiger partial charge in [-0.25, -0.2) is 9.37 Å².